The van der Waals surface area contributed by atoms with Crippen molar-refractivity contribution in [1.29, 1.82) is 0 Å². The Labute approximate surface area is 165 Å². The molecule has 3 heterocycles. The van der Waals surface area contributed by atoms with Crippen molar-refractivity contribution in [2.75, 3.05) is 0 Å². The Morgan fingerprint density at radius 2 is 1.66 bits per heavy atom. The van der Waals surface area contributed by atoms with Crippen LogP contribution in [0.2, 0.25) is 0 Å². The lowest BCUT2D eigenvalue weighted by Crippen LogP contribution is -2.37. The van der Waals surface area contributed by atoms with Gasteiger partial charge in [0, 0.05) is 31.5 Å². The van der Waals surface area contributed by atoms with E-state index in [2.05, 4.69) is 6.07 Å². The van der Waals surface area contributed by atoms with Crippen molar-refractivity contribution in [3.8, 4) is 16.9 Å². The predicted molar refractivity (Wildman–Crippen MR) is 113 cm³/mol. The largest absolute Gasteiger partial charge is 0.332 e. The average molecular weight is 385 g/mol. The molecule has 0 aliphatic carbocycles. The van der Waals surface area contributed by atoms with Crippen LogP contribution < -0.4 is 11.2 Å². The maximum absolute atomic E-state index is 12.9. The molecule has 7 nitrogen and oxygen atoms in total. The van der Waals surface area contributed by atoms with Crippen molar-refractivity contribution in [1.82, 2.24) is 23.1 Å². The van der Waals surface area contributed by atoms with Crippen molar-refractivity contribution >= 4 is 16.9 Å². The third-order valence-electron chi connectivity index (χ3n) is 5.29. The highest BCUT2D eigenvalue weighted by Gasteiger charge is 2.21. The zero-order chi connectivity index (χ0) is 20.3. The van der Waals surface area contributed by atoms with Crippen LogP contribution in [0.4, 0.5) is 0 Å². The van der Waals surface area contributed by atoms with Gasteiger partial charge >= 0.3 is 5.69 Å². The summed E-state index contributed by atoms with van der Waals surface area (Å²) in [6.45, 7) is 2.04. The second kappa shape index (κ2) is 6.07. The molecule has 5 aromatic rings. The predicted octanol–water partition coefficient (Wildman–Crippen LogP) is 2.65. The van der Waals surface area contributed by atoms with E-state index in [4.69, 9.17) is 4.98 Å². The van der Waals surface area contributed by atoms with Crippen LogP contribution >= 0.6 is 0 Å². The molecule has 5 rings (SSSR count). The molecule has 7 heteroatoms. The summed E-state index contributed by atoms with van der Waals surface area (Å²) in [4.78, 5) is 30.0. The van der Waals surface area contributed by atoms with E-state index in [0.29, 0.717) is 16.9 Å². The summed E-state index contributed by atoms with van der Waals surface area (Å²) >= 11 is 0. The summed E-state index contributed by atoms with van der Waals surface area (Å²) < 4.78 is 6.32. The topological polar surface area (TPSA) is 66.2 Å². The van der Waals surface area contributed by atoms with E-state index >= 15 is 0 Å². The number of aryl methyl sites for hydroxylation is 2. The second-order valence-electron chi connectivity index (χ2n) is 7.21. The van der Waals surface area contributed by atoms with Gasteiger partial charge in [0.15, 0.2) is 11.2 Å². The van der Waals surface area contributed by atoms with Crippen molar-refractivity contribution in [2.45, 2.75) is 6.92 Å². The highest BCUT2D eigenvalue weighted by Crippen LogP contribution is 2.29. The minimum absolute atomic E-state index is 0.364. The summed E-state index contributed by atoms with van der Waals surface area (Å²) in [5, 5.41) is 0. The van der Waals surface area contributed by atoms with Crippen LogP contribution in [0.15, 0.2) is 70.4 Å². The molecule has 0 aliphatic rings. The fraction of sp³-hybridized carbons (Fsp3) is 0.136. The van der Waals surface area contributed by atoms with Gasteiger partial charge < -0.3 is 0 Å². The van der Waals surface area contributed by atoms with Gasteiger partial charge in [-0.05, 0) is 24.6 Å². The highest BCUT2D eigenvalue weighted by molar-refractivity contribution is 5.79. The molecule has 0 atom stereocenters. The SMILES string of the molecule is Cc1cccc(-n2c(-c3ccccc3)cn3c4c(=O)n(C)c(=O)n(C)c4nc23)c1. The number of nitrogens with zero attached hydrogens (tertiary/aromatic N) is 5. The molecular weight excluding hydrogens is 366 g/mol. The van der Waals surface area contributed by atoms with E-state index in [-0.39, 0.29) is 5.56 Å². The van der Waals surface area contributed by atoms with Crippen LogP contribution in [0, 0.1) is 6.92 Å². The molecule has 29 heavy (non-hydrogen) atoms. The van der Waals surface area contributed by atoms with Crippen LogP contribution in [0.1, 0.15) is 5.56 Å². The monoisotopic (exact) mass is 385 g/mol. The molecule has 0 unspecified atom stereocenters. The molecule has 0 N–H and O–H groups in total. The van der Waals surface area contributed by atoms with E-state index in [0.717, 1.165) is 27.1 Å². The van der Waals surface area contributed by atoms with Crippen LogP contribution in [-0.4, -0.2) is 23.1 Å². The van der Waals surface area contributed by atoms with Gasteiger partial charge in [-0.1, -0.05) is 42.5 Å². The molecule has 2 aromatic carbocycles. The number of aromatic nitrogens is 5. The van der Waals surface area contributed by atoms with Crippen LogP contribution in [0.5, 0.6) is 0 Å². The van der Waals surface area contributed by atoms with Crippen LogP contribution in [-0.2, 0) is 14.1 Å². The fourth-order valence-corrected chi connectivity index (χ4v) is 3.81. The van der Waals surface area contributed by atoms with E-state index in [1.807, 2.05) is 66.2 Å². The molecule has 0 fully saturated rings. The first-order valence-electron chi connectivity index (χ1n) is 9.29. The molecule has 0 spiro atoms. The number of fused-ring (bicyclic) bond motifs is 3. The zero-order valence-electron chi connectivity index (χ0n) is 16.3. The Balaban J connectivity index is 1.99. The lowest BCUT2D eigenvalue weighted by molar-refractivity contribution is 0.708. The molecule has 3 aromatic heterocycles. The molecule has 144 valence electrons. The first kappa shape index (κ1) is 17.2. The quantitative estimate of drug-likeness (QED) is 0.469. The molecule has 0 bridgehead atoms. The van der Waals surface area contributed by atoms with Gasteiger partial charge in [-0.25, -0.2) is 4.79 Å². The lowest BCUT2D eigenvalue weighted by atomic mass is 10.1. The Hall–Kier alpha value is -3.87. The maximum Gasteiger partial charge on any atom is 0.332 e. The average Bonchev–Trinajstić information content (AvgIpc) is 3.27. The van der Waals surface area contributed by atoms with Gasteiger partial charge in [-0.3, -0.25) is 22.9 Å². The molecule has 0 aliphatic heterocycles. The Kier molecular flexibility index (Phi) is 3.61. The van der Waals surface area contributed by atoms with Gasteiger partial charge in [0.1, 0.15) is 0 Å². The molecule has 0 saturated carbocycles. The lowest BCUT2D eigenvalue weighted by Gasteiger charge is -2.10. The second-order valence-corrected chi connectivity index (χ2v) is 7.21. The van der Waals surface area contributed by atoms with Gasteiger partial charge in [-0.2, -0.15) is 4.98 Å². The number of hydrogen-bond acceptors (Lipinski definition) is 3. The summed E-state index contributed by atoms with van der Waals surface area (Å²) in [7, 11) is 3.12. The number of rotatable bonds is 2. The van der Waals surface area contributed by atoms with Crippen molar-refractivity contribution in [2.24, 2.45) is 14.1 Å². The summed E-state index contributed by atoms with van der Waals surface area (Å²) in [5.74, 6) is 0.586. The van der Waals surface area contributed by atoms with E-state index in [1.165, 1.54) is 11.6 Å². The smallest absolute Gasteiger partial charge is 0.279 e. The summed E-state index contributed by atoms with van der Waals surface area (Å²) in [5.41, 5.74) is 3.97. The summed E-state index contributed by atoms with van der Waals surface area (Å²) in [6, 6.07) is 18.1. The molecule has 0 amide bonds. The standard InChI is InChI=1S/C22H19N5O2/c1-14-8-7-11-16(12-14)27-17(15-9-5-4-6-10-15)13-26-18-19(23-21(26)27)24(2)22(29)25(3)20(18)28/h4-13H,1-3H3. The first-order valence-corrected chi connectivity index (χ1v) is 9.29. The Morgan fingerprint density at radius 1 is 0.897 bits per heavy atom. The van der Waals surface area contributed by atoms with E-state index < -0.39 is 5.69 Å². The highest BCUT2D eigenvalue weighted by atomic mass is 16.2. The first-order chi connectivity index (χ1) is 14.0. The number of hydrogen-bond donors (Lipinski definition) is 0. The zero-order valence-corrected chi connectivity index (χ0v) is 16.3. The normalized spacial score (nSPS) is 11.6. The van der Waals surface area contributed by atoms with Gasteiger partial charge in [0.25, 0.3) is 5.56 Å². The van der Waals surface area contributed by atoms with Gasteiger partial charge in [0.2, 0.25) is 5.78 Å². The van der Waals surface area contributed by atoms with E-state index in [1.54, 1.807) is 11.4 Å². The molecule has 0 saturated heterocycles. The molecular formula is C22H19N5O2. The van der Waals surface area contributed by atoms with Gasteiger partial charge in [-0.15, -0.1) is 0 Å². The molecule has 0 radical (unpaired) electrons. The Bertz CT molecular complexity index is 1520. The van der Waals surface area contributed by atoms with Crippen molar-refractivity contribution in [3.63, 3.8) is 0 Å². The third-order valence-corrected chi connectivity index (χ3v) is 5.29. The maximum atomic E-state index is 12.9. The number of imidazole rings is 2. The fourth-order valence-electron chi connectivity index (χ4n) is 3.81. The van der Waals surface area contributed by atoms with E-state index in [9.17, 15) is 9.59 Å². The van der Waals surface area contributed by atoms with Crippen LogP contribution in [0.25, 0.3) is 33.9 Å². The van der Waals surface area contributed by atoms with Crippen molar-refractivity contribution < 1.29 is 0 Å². The third kappa shape index (κ3) is 2.40. The Morgan fingerprint density at radius 3 is 2.38 bits per heavy atom. The number of benzene rings is 2. The van der Waals surface area contributed by atoms with Crippen molar-refractivity contribution in [3.05, 3.63) is 87.2 Å². The van der Waals surface area contributed by atoms with Crippen LogP contribution in [0.3, 0.4) is 0 Å². The minimum atomic E-state index is -0.395. The van der Waals surface area contributed by atoms with Gasteiger partial charge in [0.05, 0.1) is 5.69 Å². The summed E-state index contributed by atoms with van der Waals surface area (Å²) in [6.07, 6.45) is 1.91. The minimum Gasteiger partial charge on any atom is -0.279 e.